The molecule has 4 aliphatic heterocycles. The third-order valence-corrected chi connectivity index (χ3v) is 6.23. The zero-order valence-corrected chi connectivity index (χ0v) is 14.8. The number of benzene rings is 1. The number of ether oxygens (including phenoxy) is 1. The quantitative estimate of drug-likeness (QED) is 0.830. The third kappa shape index (κ3) is 2.71. The van der Waals surface area contributed by atoms with E-state index in [-0.39, 0.29) is 18.2 Å². The smallest absolute Gasteiger partial charge is 0.410 e. The number of fused-ring (bicyclic) bond motifs is 4. The van der Waals surface area contributed by atoms with Crippen molar-refractivity contribution in [2.24, 2.45) is 5.92 Å². The predicted molar refractivity (Wildman–Crippen MR) is 96.8 cm³/mol. The lowest BCUT2D eigenvalue weighted by Gasteiger charge is -2.45. The van der Waals surface area contributed by atoms with E-state index >= 15 is 0 Å². The molecule has 2 bridgehead atoms. The maximum absolute atomic E-state index is 13.1. The lowest BCUT2D eigenvalue weighted by atomic mass is 9.86. The molecule has 3 fully saturated rings. The zero-order chi connectivity index (χ0) is 17.5. The van der Waals surface area contributed by atoms with Crippen molar-refractivity contribution < 1.29 is 13.9 Å². The monoisotopic (exact) mass is 352 g/mol. The fourth-order valence-electron chi connectivity index (χ4n) is 4.79. The first-order valence-electron chi connectivity index (χ1n) is 9.59. The van der Waals surface area contributed by atoms with Gasteiger partial charge in [0.2, 0.25) is 0 Å². The maximum Gasteiger partial charge on any atom is 0.410 e. The molecule has 6 rings (SSSR count). The molecule has 26 heavy (non-hydrogen) atoms. The summed E-state index contributed by atoms with van der Waals surface area (Å²) in [4.78, 5) is 17.4. The minimum Gasteiger partial charge on any atom is -0.472 e. The van der Waals surface area contributed by atoms with Crippen molar-refractivity contribution in [2.45, 2.75) is 31.4 Å². The Morgan fingerprint density at radius 1 is 1.12 bits per heavy atom. The van der Waals surface area contributed by atoms with Gasteiger partial charge in [0, 0.05) is 18.7 Å². The molecule has 1 aromatic heterocycles. The van der Waals surface area contributed by atoms with Crippen molar-refractivity contribution in [2.75, 3.05) is 26.2 Å². The highest BCUT2D eigenvalue weighted by molar-refractivity contribution is 5.70. The van der Waals surface area contributed by atoms with Crippen LogP contribution in [0.4, 0.5) is 4.79 Å². The van der Waals surface area contributed by atoms with E-state index in [0.29, 0.717) is 12.5 Å². The highest BCUT2D eigenvalue weighted by atomic mass is 16.6. The molecule has 0 N–H and O–H groups in total. The van der Waals surface area contributed by atoms with Crippen molar-refractivity contribution in [1.29, 1.82) is 0 Å². The van der Waals surface area contributed by atoms with Crippen LogP contribution in [-0.4, -0.2) is 48.2 Å². The molecule has 2 unspecified atom stereocenters. The fourth-order valence-corrected chi connectivity index (χ4v) is 4.79. The second-order valence-corrected chi connectivity index (χ2v) is 7.66. The first-order valence-corrected chi connectivity index (χ1v) is 9.59. The van der Waals surface area contributed by atoms with Gasteiger partial charge >= 0.3 is 6.09 Å². The molecule has 0 saturated carbocycles. The van der Waals surface area contributed by atoms with Crippen LogP contribution in [0.15, 0.2) is 47.3 Å². The first kappa shape index (κ1) is 15.9. The Kier molecular flexibility index (Phi) is 3.97. The average molecular weight is 352 g/mol. The molecule has 2 aromatic rings. The zero-order valence-electron chi connectivity index (χ0n) is 14.8. The van der Waals surface area contributed by atoms with Crippen LogP contribution in [0.2, 0.25) is 0 Å². The van der Waals surface area contributed by atoms with Crippen LogP contribution in [0.3, 0.4) is 0 Å². The largest absolute Gasteiger partial charge is 0.472 e. The van der Waals surface area contributed by atoms with Crippen LogP contribution in [-0.2, 0) is 11.2 Å². The molecule has 2 atom stereocenters. The summed E-state index contributed by atoms with van der Waals surface area (Å²) in [5, 5.41) is 0. The minimum atomic E-state index is -0.190. The van der Waals surface area contributed by atoms with Crippen molar-refractivity contribution >= 4 is 6.09 Å². The SMILES string of the molecule is O=C(OC1CN2CCC1CC2)N1CCc2ccccc2C1c1ccoc1. The van der Waals surface area contributed by atoms with E-state index in [1.807, 2.05) is 17.0 Å². The van der Waals surface area contributed by atoms with Gasteiger partial charge in [0.15, 0.2) is 0 Å². The Labute approximate surface area is 153 Å². The van der Waals surface area contributed by atoms with Crippen LogP contribution in [0.25, 0.3) is 0 Å². The molecule has 5 heterocycles. The second kappa shape index (κ2) is 6.47. The molecular formula is C21H24N2O3. The number of carbonyl (C=O) groups is 1. The van der Waals surface area contributed by atoms with Gasteiger partial charge in [-0.05, 0) is 55.5 Å². The fraction of sp³-hybridized carbons (Fsp3) is 0.476. The molecule has 4 aliphatic rings. The molecule has 1 aromatic carbocycles. The predicted octanol–water partition coefficient (Wildman–Crippen LogP) is 3.46. The van der Waals surface area contributed by atoms with E-state index in [4.69, 9.17) is 9.15 Å². The van der Waals surface area contributed by atoms with Gasteiger partial charge in [0.25, 0.3) is 0 Å². The second-order valence-electron chi connectivity index (χ2n) is 7.66. The van der Waals surface area contributed by atoms with Crippen LogP contribution >= 0.6 is 0 Å². The van der Waals surface area contributed by atoms with E-state index in [9.17, 15) is 4.79 Å². The minimum absolute atomic E-state index is 0.0344. The molecule has 136 valence electrons. The molecular weight excluding hydrogens is 328 g/mol. The van der Waals surface area contributed by atoms with Crippen LogP contribution in [0, 0.1) is 5.92 Å². The Bertz CT molecular complexity index is 780. The number of furan rings is 1. The van der Waals surface area contributed by atoms with Crippen molar-refractivity contribution in [3.8, 4) is 0 Å². The van der Waals surface area contributed by atoms with Crippen molar-refractivity contribution in [3.63, 3.8) is 0 Å². The first-order chi connectivity index (χ1) is 12.8. The Morgan fingerprint density at radius 2 is 1.96 bits per heavy atom. The summed E-state index contributed by atoms with van der Waals surface area (Å²) in [6.07, 6.45) is 6.40. The van der Waals surface area contributed by atoms with Gasteiger partial charge in [-0.25, -0.2) is 4.79 Å². The van der Waals surface area contributed by atoms with E-state index in [0.717, 1.165) is 44.5 Å². The van der Waals surface area contributed by atoms with Gasteiger partial charge in [0.1, 0.15) is 6.10 Å². The highest BCUT2D eigenvalue weighted by Crippen LogP contribution is 2.37. The van der Waals surface area contributed by atoms with E-state index < -0.39 is 0 Å². The number of rotatable bonds is 2. The number of nitrogens with zero attached hydrogens (tertiary/aromatic N) is 2. The molecule has 0 aliphatic carbocycles. The molecule has 3 saturated heterocycles. The van der Waals surface area contributed by atoms with Gasteiger partial charge < -0.3 is 9.15 Å². The lowest BCUT2D eigenvalue weighted by molar-refractivity contribution is -0.0462. The summed E-state index contributed by atoms with van der Waals surface area (Å²) in [6.45, 7) is 3.85. The summed E-state index contributed by atoms with van der Waals surface area (Å²) in [5.74, 6) is 0.522. The maximum atomic E-state index is 13.1. The summed E-state index contributed by atoms with van der Waals surface area (Å²) >= 11 is 0. The van der Waals surface area contributed by atoms with E-state index in [1.54, 1.807) is 12.5 Å². The summed E-state index contributed by atoms with van der Waals surface area (Å²) in [7, 11) is 0. The van der Waals surface area contributed by atoms with Gasteiger partial charge in [-0.2, -0.15) is 0 Å². The van der Waals surface area contributed by atoms with E-state index in [1.165, 1.54) is 11.1 Å². The number of hydrogen-bond donors (Lipinski definition) is 0. The Hall–Kier alpha value is -2.27. The Morgan fingerprint density at radius 3 is 2.69 bits per heavy atom. The van der Waals surface area contributed by atoms with Crippen LogP contribution in [0.5, 0.6) is 0 Å². The van der Waals surface area contributed by atoms with Crippen LogP contribution < -0.4 is 0 Å². The number of hydrogen-bond acceptors (Lipinski definition) is 4. The van der Waals surface area contributed by atoms with E-state index in [2.05, 4.69) is 23.1 Å². The standard InChI is InChI=1S/C21H24N2O3/c24-21(26-19-13-22-9-5-16(19)6-10-22)23-11-7-15-3-1-2-4-18(15)20(23)17-8-12-25-14-17/h1-4,8,12,14,16,19-20H,5-7,9-11,13H2. The molecule has 0 spiro atoms. The molecule has 1 amide bonds. The summed E-state index contributed by atoms with van der Waals surface area (Å²) < 4.78 is 11.3. The third-order valence-electron chi connectivity index (χ3n) is 6.23. The summed E-state index contributed by atoms with van der Waals surface area (Å²) in [5.41, 5.74) is 3.47. The topological polar surface area (TPSA) is 45.9 Å². The Balaban J connectivity index is 1.41. The van der Waals surface area contributed by atoms with Gasteiger partial charge in [-0.1, -0.05) is 24.3 Å². The summed E-state index contributed by atoms with van der Waals surface area (Å²) in [6, 6.07) is 10.2. The number of carbonyl (C=O) groups excluding carboxylic acids is 1. The van der Waals surface area contributed by atoms with Gasteiger partial charge in [0.05, 0.1) is 18.6 Å². The molecule has 5 nitrogen and oxygen atoms in total. The average Bonchev–Trinajstić information content (AvgIpc) is 3.22. The van der Waals surface area contributed by atoms with Crippen molar-refractivity contribution in [3.05, 3.63) is 59.5 Å². The van der Waals surface area contributed by atoms with Crippen LogP contribution in [0.1, 0.15) is 35.6 Å². The lowest BCUT2D eigenvalue weighted by Crippen LogP contribution is -2.53. The normalized spacial score (nSPS) is 30.1. The number of amides is 1. The van der Waals surface area contributed by atoms with Gasteiger partial charge in [-0.3, -0.25) is 9.80 Å². The molecule has 0 radical (unpaired) electrons. The number of piperidine rings is 3. The highest BCUT2D eigenvalue weighted by Gasteiger charge is 2.39. The molecule has 5 heteroatoms. The van der Waals surface area contributed by atoms with Crippen molar-refractivity contribution in [1.82, 2.24) is 9.80 Å². The van der Waals surface area contributed by atoms with Gasteiger partial charge in [-0.15, -0.1) is 0 Å².